The second-order valence-electron chi connectivity index (χ2n) is 6.68. The predicted octanol–water partition coefficient (Wildman–Crippen LogP) is 3.14. The fraction of sp³-hybridized carbons (Fsp3) is 0.556. The molecule has 0 aromatic heterocycles. The Bertz CT molecular complexity index is 673. The van der Waals surface area contributed by atoms with Crippen LogP contribution in [0.25, 0.3) is 0 Å². The van der Waals surface area contributed by atoms with Crippen molar-refractivity contribution in [1.82, 2.24) is 5.32 Å². The number of carbonyl (C=O) groups excluding carboxylic acids is 2. The zero-order valence-electron chi connectivity index (χ0n) is 14.8. The van der Waals surface area contributed by atoms with E-state index in [1.807, 2.05) is 0 Å². The summed E-state index contributed by atoms with van der Waals surface area (Å²) in [6.07, 6.45) is 3.37. The zero-order chi connectivity index (χ0) is 18.6. The second kappa shape index (κ2) is 8.09. The van der Waals surface area contributed by atoms with Gasteiger partial charge in [-0.1, -0.05) is 19.8 Å². The van der Waals surface area contributed by atoms with Crippen LogP contribution in [0.15, 0.2) is 18.2 Å². The number of hydrogen-bond acceptors (Lipinski definition) is 5. The van der Waals surface area contributed by atoms with Crippen molar-refractivity contribution >= 4 is 17.6 Å². The molecule has 1 aromatic rings. The minimum atomic E-state index is -0.919. The van der Waals surface area contributed by atoms with Crippen molar-refractivity contribution < 1.29 is 19.2 Å². The average molecular weight is 348 g/mol. The molecule has 1 aliphatic rings. The van der Waals surface area contributed by atoms with Gasteiger partial charge in [-0.25, -0.2) is 4.79 Å². The van der Waals surface area contributed by atoms with E-state index in [1.54, 1.807) is 6.92 Å². The fourth-order valence-corrected chi connectivity index (χ4v) is 3.10. The van der Waals surface area contributed by atoms with Gasteiger partial charge in [-0.3, -0.25) is 14.9 Å². The van der Waals surface area contributed by atoms with E-state index in [4.69, 9.17) is 4.74 Å². The minimum absolute atomic E-state index is 0.0615. The topological polar surface area (TPSA) is 98.5 Å². The highest BCUT2D eigenvalue weighted by atomic mass is 16.6. The highest BCUT2D eigenvalue weighted by molar-refractivity contribution is 5.92. The maximum absolute atomic E-state index is 12.3. The lowest BCUT2D eigenvalue weighted by atomic mass is 9.86. The summed E-state index contributed by atoms with van der Waals surface area (Å²) in [7, 11) is 0. The number of ether oxygens (including phenoxy) is 1. The molecule has 0 aliphatic heterocycles. The quantitative estimate of drug-likeness (QED) is 0.501. The molecule has 136 valence electrons. The molecule has 0 bridgehead atoms. The van der Waals surface area contributed by atoms with Gasteiger partial charge in [0, 0.05) is 17.7 Å². The van der Waals surface area contributed by atoms with E-state index < -0.39 is 17.0 Å². The smallest absolute Gasteiger partial charge is 0.338 e. The number of carbonyl (C=O) groups is 2. The molecular weight excluding hydrogens is 324 g/mol. The molecule has 1 amide bonds. The van der Waals surface area contributed by atoms with E-state index in [0.29, 0.717) is 11.5 Å². The van der Waals surface area contributed by atoms with Gasteiger partial charge in [0.15, 0.2) is 6.10 Å². The first-order valence-corrected chi connectivity index (χ1v) is 8.56. The number of amides is 1. The number of benzene rings is 1. The number of nitro groups is 1. The van der Waals surface area contributed by atoms with Gasteiger partial charge in [0.2, 0.25) is 0 Å². The lowest BCUT2D eigenvalue weighted by molar-refractivity contribution is -0.385. The summed E-state index contributed by atoms with van der Waals surface area (Å²) in [6, 6.07) is 4.11. The lowest BCUT2D eigenvalue weighted by Crippen LogP contribution is -2.45. The monoisotopic (exact) mass is 348 g/mol. The Balaban J connectivity index is 1.96. The number of esters is 1. The Kier molecular flexibility index (Phi) is 6.12. The number of hydrogen-bond donors (Lipinski definition) is 1. The molecule has 1 saturated carbocycles. The largest absolute Gasteiger partial charge is 0.449 e. The molecule has 3 atom stereocenters. The molecule has 0 unspecified atom stereocenters. The molecule has 0 spiro atoms. The van der Waals surface area contributed by atoms with E-state index in [0.717, 1.165) is 19.3 Å². The summed E-state index contributed by atoms with van der Waals surface area (Å²) in [5.41, 5.74) is 0.495. The first-order chi connectivity index (χ1) is 11.8. The van der Waals surface area contributed by atoms with E-state index in [9.17, 15) is 19.7 Å². The molecule has 0 heterocycles. The van der Waals surface area contributed by atoms with Gasteiger partial charge >= 0.3 is 5.97 Å². The summed E-state index contributed by atoms with van der Waals surface area (Å²) in [5, 5.41) is 13.8. The molecule has 1 fully saturated rings. The van der Waals surface area contributed by atoms with Crippen LogP contribution < -0.4 is 5.32 Å². The number of aryl methyl sites for hydroxylation is 1. The maximum Gasteiger partial charge on any atom is 0.338 e. The molecule has 0 saturated heterocycles. The van der Waals surface area contributed by atoms with Crippen LogP contribution in [-0.2, 0) is 9.53 Å². The van der Waals surface area contributed by atoms with Crippen LogP contribution in [0.2, 0.25) is 0 Å². The average Bonchev–Trinajstić information content (AvgIpc) is 2.56. The summed E-state index contributed by atoms with van der Waals surface area (Å²) in [4.78, 5) is 34.7. The molecule has 0 radical (unpaired) electrons. The summed E-state index contributed by atoms with van der Waals surface area (Å²) >= 11 is 0. The third-order valence-corrected chi connectivity index (χ3v) is 4.72. The van der Waals surface area contributed by atoms with Crippen molar-refractivity contribution in [2.75, 3.05) is 0 Å². The first-order valence-electron chi connectivity index (χ1n) is 8.56. The zero-order valence-corrected chi connectivity index (χ0v) is 14.8. The van der Waals surface area contributed by atoms with Crippen molar-refractivity contribution in [3.8, 4) is 0 Å². The molecule has 1 aliphatic carbocycles. The van der Waals surface area contributed by atoms with Gasteiger partial charge in [-0.2, -0.15) is 0 Å². The Morgan fingerprint density at radius 3 is 2.60 bits per heavy atom. The van der Waals surface area contributed by atoms with E-state index >= 15 is 0 Å². The predicted molar refractivity (Wildman–Crippen MR) is 92.3 cm³/mol. The third-order valence-electron chi connectivity index (χ3n) is 4.72. The van der Waals surface area contributed by atoms with Crippen LogP contribution in [0.1, 0.15) is 55.5 Å². The van der Waals surface area contributed by atoms with Gasteiger partial charge in [0.05, 0.1) is 10.5 Å². The minimum Gasteiger partial charge on any atom is -0.449 e. The lowest BCUT2D eigenvalue weighted by Gasteiger charge is -2.30. The van der Waals surface area contributed by atoms with Crippen LogP contribution in [0, 0.1) is 23.0 Å². The molecule has 1 N–H and O–H groups in total. The highest BCUT2D eigenvalue weighted by Crippen LogP contribution is 2.24. The molecule has 7 heteroatoms. The third kappa shape index (κ3) is 4.78. The number of nitrogens with one attached hydrogen (secondary N) is 1. The SMILES string of the molecule is Cc1cc(C(=O)O[C@H](C)C(=O)N[C@@H]2CCCC[C@@H]2C)ccc1[N+](=O)[O-]. The molecule has 2 rings (SSSR count). The normalized spacial score (nSPS) is 21.2. The van der Waals surface area contributed by atoms with Crippen molar-refractivity contribution in [2.24, 2.45) is 5.92 Å². The summed E-state index contributed by atoms with van der Waals surface area (Å²) < 4.78 is 5.21. The molecular formula is C18H24N2O5. The number of nitrogens with zero attached hydrogens (tertiary/aromatic N) is 1. The highest BCUT2D eigenvalue weighted by Gasteiger charge is 2.26. The van der Waals surface area contributed by atoms with E-state index in [1.165, 1.54) is 31.5 Å². The van der Waals surface area contributed by atoms with Gasteiger partial charge in [0.25, 0.3) is 11.6 Å². The molecule has 7 nitrogen and oxygen atoms in total. The summed E-state index contributed by atoms with van der Waals surface area (Å²) in [5.74, 6) is -0.569. The molecule has 1 aromatic carbocycles. The van der Waals surface area contributed by atoms with Crippen LogP contribution in [0.3, 0.4) is 0 Å². The van der Waals surface area contributed by atoms with Crippen molar-refractivity contribution in [3.63, 3.8) is 0 Å². The first kappa shape index (κ1) is 18.9. The fourth-order valence-electron chi connectivity index (χ4n) is 3.10. The Morgan fingerprint density at radius 1 is 1.32 bits per heavy atom. The number of rotatable bonds is 5. The van der Waals surface area contributed by atoms with Crippen LogP contribution >= 0.6 is 0 Å². The van der Waals surface area contributed by atoms with Crippen molar-refractivity contribution in [1.29, 1.82) is 0 Å². The standard InChI is InChI=1S/C18H24N2O5/c1-11-6-4-5-7-15(11)19-17(21)13(3)25-18(22)14-8-9-16(20(23)24)12(2)10-14/h8-11,13,15H,4-7H2,1-3H3,(H,19,21)/t11-,13+,15+/m0/s1. The van der Waals surface area contributed by atoms with E-state index in [2.05, 4.69) is 12.2 Å². The van der Waals surface area contributed by atoms with Gasteiger partial charge in [-0.15, -0.1) is 0 Å². The second-order valence-corrected chi connectivity index (χ2v) is 6.68. The Morgan fingerprint density at radius 2 is 2.00 bits per heavy atom. The van der Waals surface area contributed by atoms with Crippen LogP contribution in [-0.4, -0.2) is 28.9 Å². The number of nitro benzene ring substituents is 1. The van der Waals surface area contributed by atoms with Crippen LogP contribution in [0.4, 0.5) is 5.69 Å². The van der Waals surface area contributed by atoms with Crippen molar-refractivity contribution in [2.45, 2.75) is 58.6 Å². The molecule has 25 heavy (non-hydrogen) atoms. The van der Waals surface area contributed by atoms with Gasteiger partial charge < -0.3 is 10.1 Å². The van der Waals surface area contributed by atoms with E-state index in [-0.39, 0.29) is 23.2 Å². The Hall–Kier alpha value is -2.44. The van der Waals surface area contributed by atoms with Gasteiger partial charge in [0.1, 0.15) is 0 Å². The van der Waals surface area contributed by atoms with Gasteiger partial charge in [-0.05, 0) is 44.7 Å². The van der Waals surface area contributed by atoms with Crippen LogP contribution in [0.5, 0.6) is 0 Å². The Labute approximate surface area is 146 Å². The maximum atomic E-state index is 12.3. The van der Waals surface area contributed by atoms with Crippen molar-refractivity contribution in [3.05, 3.63) is 39.4 Å². The summed E-state index contributed by atoms with van der Waals surface area (Å²) in [6.45, 7) is 5.19.